The van der Waals surface area contributed by atoms with Crippen LogP contribution in [0.15, 0.2) is 48.7 Å². The Bertz CT molecular complexity index is 876. The molecule has 24 heavy (non-hydrogen) atoms. The molecule has 1 atom stereocenters. The Morgan fingerprint density at radius 2 is 2.00 bits per heavy atom. The highest BCUT2D eigenvalue weighted by Crippen LogP contribution is 2.24. The van der Waals surface area contributed by atoms with Gasteiger partial charge in [-0.1, -0.05) is 30.3 Å². The molecule has 1 N–H and O–H groups in total. The minimum atomic E-state index is 0.261. The number of hydrogen-bond donors (Lipinski definition) is 1. The molecule has 0 saturated carbocycles. The van der Waals surface area contributed by atoms with E-state index in [1.165, 1.54) is 0 Å². The van der Waals surface area contributed by atoms with Crippen LogP contribution in [0.2, 0.25) is 0 Å². The normalized spacial score (nSPS) is 16.2. The van der Waals surface area contributed by atoms with E-state index in [2.05, 4.69) is 43.3 Å². The van der Waals surface area contributed by atoms with Gasteiger partial charge in [-0.25, -0.2) is 4.98 Å². The van der Waals surface area contributed by atoms with E-state index in [4.69, 9.17) is 5.26 Å². The first-order valence-electron chi connectivity index (χ1n) is 7.93. The van der Waals surface area contributed by atoms with Gasteiger partial charge in [0.1, 0.15) is 17.7 Å². The third kappa shape index (κ3) is 2.72. The van der Waals surface area contributed by atoms with Gasteiger partial charge in [-0.05, 0) is 18.6 Å². The monoisotopic (exact) mass is 316 g/mol. The zero-order chi connectivity index (χ0) is 16.4. The molecule has 4 rings (SSSR count). The maximum atomic E-state index is 8.85. The lowest BCUT2D eigenvalue weighted by molar-refractivity contribution is 0.478. The van der Waals surface area contributed by atoms with Crippen molar-refractivity contribution in [3.05, 3.63) is 60.0 Å². The van der Waals surface area contributed by atoms with Gasteiger partial charge in [-0.15, -0.1) is 10.2 Å². The number of nitrogens with one attached hydrogen (secondary N) is 1. The summed E-state index contributed by atoms with van der Waals surface area (Å²) in [7, 11) is 0. The fourth-order valence-corrected chi connectivity index (χ4v) is 3.00. The van der Waals surface area contributed by atoms with Crippen molar-refractivity contribution in [3.63, 3.8) is 0 Å². The van der Waals surface area contributed by atoms with Gasteiger partial charge in [0.15, 0.2) is 5.82 Å². The molecule has 0 aliphatic carbocycles. The Labute approximate surface area is 139 Å². The minimum Gasteiger partial charge on any atom is -0.366 e. The molecular weight excluding hydrogens is 300 g/mol. The van der Waals surface area contributed by atoms with Crippen LogP contribution in [0, 0.1) is 11.3 Å². The number of pyridine rings is 1. The fourth-order valence-electron chi connectivity index (χ4n) is 3.00. The van der Waals surface area contributed by atoms with Crippen molar-refractivity contribution in [2.45, 2.75) is 25.4 Å². The number of rotatable bonds is 3. The van der Waals surface area contributed by atoms with Crippen LogP contribution in [-0.2, 0) is 13.0 Å². The molecule has 1 unspecified atom stereocenters. The number of fused-ring (bicyclic) bond motifs is 1. The van der Waals surface area contributed by atoms with Crippen molar-refractivity contribution < 1.29 is 0 Å². The van der Waals surface area contributed by atoms with Crippen molar-refractivity contribution >= 4 is 5.82 Å². The van der Waals surface area contributed by atoms with Crippen molar-refractivity contribution in [1.82, 2.24) is 19.7 Å². The number of hydrogen-bond acceptors (Lipinski definition) is 5. The summed E-state index contributed by atoms with van der Waals surface area (Å²) < 4.78 is 2.18. The van der Waals surface area contributed by atoms with Gasteiger partial charge in [0.25, 0.3) is 0 Å². The van der Waals surface area contributed by atoms with Gasteiger partial charge in [0.2, 0.25) is 0 Å². The topological polar surface area (TPSA) is 79.4 Å². The molecule has 6 nitrogen and oxygen atoms in total. The lowest BCUT2D eigenvalue weighted by Crippen LogP contribution is -2.32. The standard InChI is InChI=1S/C18H16N6/c19-10-13-6-8-16(20-11-13)21-15-7-9-17-22-23-18(24(17)12-15)14-4-2-1-3-5-14/h1-6,8,11,15H,7,9,12H2,(H,20,21). The molecule has 0 amide bonds. The summed E-state index contributed by atoms with van der Waals surface area (Å²) in [6, 6.07) is 16.1. The highest BCUT2D eigenvalue weighted by Gasteiger charge is 2.23. The molecule has 1 aromatic carbocycles. The molecule has 1 aliphatic heterocycles. The molecule has 2 aromatic heterocycles. The van der Waals surface area contributed by atoms with Gasteiger partial charge in [-0.2, -0.15) is 5.26 Å². The van der Waals surface area contributed by atoms with Crippen LogP contribution < -0.4 is 5.32 Å². The largest absolute Gasteiger partial charge is 0.366 e. The third-order valence-electron chi connectivity index (χ3n) is 4.22. The summed E-state index contributed by atoms with van der Waals surface area (Å²) >= 11 is 0. The highest BCUT2D eigenvalue weighted by atomic mass is 15.3. The zero-order valence-corrected chi connectivity index (χ0v) is 13.1. The summed E-state index contributed by atoms with van der Waals surface area (Å²) in [5, 5.41) is 21.0. The summed E-state index contributed by atoms with van der Waals surface area (Å²) in [4.78, 5) is 4.29. The summed E-state index contributed by atoms with van der Waals surface area (Å²) in [6.07, 6.45) is 3.45. The van der Waals surface area contributed by atoms with Crippen LogP contribution in [0.25, 0.3) is 11.4 Å². The van der Waals surface area contributed by atoms with Crippen molar-refractivity contribution in [2.75, 3.05) is 5.32 Å². The molecule has 1 aliphatic rings. The number of nitrogens with zero attached hydrogens (tertiary/aromatic N) is 5. The molecule has 3 aromatic rings. The second-order valence-corrected chi connectivity index (χ2v) is 5.84. The summed E-state index contributed by atoms with van der Waals surface area (Å²) in [6.45, 7) is 0.800. The van der Waals surface area contributed by atoms with Gasteiger partial charge < -0.3 is 9.88 Å². The van der Waals surface area contributed by atoms with Crippen LogP contribution in [-0.4, -0.2) is 25.8 Å². The number of nitriles is 1. The first-order chi connectivity index (χ1) is 11.8. The maximum absolute atomic E-state index is 8.85. The molecule has 0 saturated heterocycles. The highest BCUT2D eigenvalue weighted by molar-refractivity contribution is 5.55. The van der Waals surface area contributed by atoms with E-state index in [9.17, 15) is 0 Å². The molecule has 0 fully saturated rings. The van der Waals surface area contributed by atoms with Gasteiger partial charge in [0, 0.05) is 30.8 Å². The van der Waals surface area contributed by atoms with Crippen LogP contribution in [0.3, 0.4) is 0 Å². The lowest BCUT2D eigenvalue weighted by Gasteiger charge is -2.25. The van der Waals surface area contributed by atoms with Gasteiger partial charge >= 0.3 is 0 Å². The predicted octanol–water partition coefficient (Wildman–Crippen LogP) is 2.64. The Balaban J connectivity index is 1.55. The number of aromatic nitrogens is 4. The smallest absolute Gasteiger partial charge is 0.164 e. The Hall–Kier alpha value is -3.20. The lowest BCUT2D eigenvalue weighted by atomic mass is 10.1. The van der Waals surface area contributed by atoms with E-state index >= 15 is 0 Å². The maximum Gasteiger partial charge on any atom is 0.164 e. The Morgan fingerprint density at radius 1 is 1.12 bits per heavy atom. The van der Waals surface area contributed by atoms with E-state index in [1.807, 2.05) is 24.3 Å². The average Bonchev–Trinajstić information content (AvgIpc) is 3.06. The molecule has 118 valence electrons. The average molecular weight is 316 g/mol. The Morgan fingerprint density at radius 3 is 2.75 bits per heavy atom. The molecule has 6 heteroatoms. The van der Waals surface area contributed by atoms with Gasteiger partial charge in [0.05, 0.1) is 5.56 Å². The van der Waals surface area contributed by atoms with Crippen LogP contribution >= 0.6 is 0 Å². The molecular formula is C18H16N6. The molecule has 3 heterocycles. The summed E-state index contributed by atoms with van der Waals surface area (Å²) in [5.41, 5.74) is 1.64. The van der Waals surface area contributed by atoms with E-state index in [0.29, 0.717) is 5.56 Å². The van der Waals surface area contributed by atoms with E-state index in [0.717, 1.165) is 42.4 Å². The van der Waals surface area contributed by atoms with E-state index in [1.54, 1.807) is 12.3 Å². The number of anilines is 1. The SMILES string of the molecule is N#Cc1ccc(NC2CCc3nnc(-c4ccccc4)n3C2)nc1. The first kappa shape index (κ1) is 14.4. The van der Waals surface area contributed by atoms with Gasteiger partial charge in [-0.3, -0.25) is 0 Å². The van der Waals surface area contributed by atoms with E-state index in [-0.39, 0.29) is 6.04 Å². The molecule has 0 bridgehead atoms. The first-order valence-corrected chi connectivity index (χ1v) is 7.93. The Kier molecular flexibility index (Phi) is 3.67. The minimum absolute atomic E-state index is 0.261. The fraction of sp³-hybridized carbons (Fsp3) is 0.222. The van der Waals surface area contributed by atoms with Crippen LogP contribution in [0.5, 0.6) is 0 Å². The number of benzene rings is 1. The number of aryl methyl sites for hydroxylation is 1. The quantitative estimate of drug-likeness (QED) is 0.803. The molecule has 0 radical (unpaired) electrons. The predicted molar refractivity (Wildman–Crippen MR) is 90.1 cm³/mol. The second kappa shape index (κ2) is 6.13. The van der Waals surface area contributed by atoms with Crippen molar-refractivity contribution in [1.29, 1.82) is 5.26 Å². The summed E-state index contributed by atoms with van der Waals surface area (Å²) in [5.74, 6) is 2.72. The van der Waals surface area contributed by atoms with Crippen molar-refractivity contribution in [3.8, 4) is 17.5 Å². The van der Waals surface area contributed by atoms with Crippen LogP contribution in [0.1, 0.15) is 17.8 Å². The van der Waals surface area contributed by atoms with E-state index < -0.39 is 0 Å². The van der Waals surface area contributed by atoms with Crippen molar-refractivity contribution in [2.24, 2.45) is 0 Å². The zero-order valence-electron chi connectivity index (χ0n) is 13.1. The second-order valence-electron chi connectivity index (χ2n) is 5.84. The van der Waals surface area contributed by atoms with Crippen LogP contribution in [0.4, 0.5) is 5.82 Å². The molecule has 0 spiro atoms. The third-order valence-corrected chi connectivity index (χ3v) is 4.22.